The fourth-order valence-electron chi connectivity index (χ4n) is 3.01. The summed E-state index contributed by atoms with van der Waals surface area (Å²) in [7, 11) is 1.60. The van der Waals surface area contributed by atoms with Gasteiger partial charge < -0.3 is 10.1 Å². The maximum absolute atomic E-state index is 12.4. The highest BCUT2D eigenvalue weighted by atomic mass is 16.6. The predicted octanol–water partition coefficient (Wildman–Crippen LogP) is 4.06. The molecule has 0 saturated carbocycles. The predicted molar refractivity (Wildman–Crippen MR) is 113 cm³/mol. The van der Waals surface area contributed by atoms with E-state index in [1.54, 1.807) is 13.1 Å². The van der Waals surface area contributed by atoms with Crippen molar-refractivity contribution < 1.29 is 19.1 Å². The van der Waals surface area contributed by atoms with E-state index in [1.165, 1.54) is 11.8 Å². The highest BCUT2D eigenvalue weighted by Gasteiger charge is 2.49. The van der Waals surface area contributed by atoms with Crippen molar-refractivity contribution in [2.45, 2.75) is 39.2 Å². The molecule has 1 fully saturated rings. The van der Waals surface area contributed by atoms with Gasteiger partial charge in [0.25, 0.3) is 0 Å². The number of allylic oxidation sites excluding steroid dienone is 3. The van der Waals surface area contributed by atoms with Gasteiger partial charge in [0.1, 0.15) is 5.76 Å². The summed E-state index contributed by atoms with van der Waals surface area (Å²) in [6.07, 6.45) is 11.4. The summed E-state index contributed by atoms with van der Waals surface area (Å²) in [6, 6.07) is 9.58. The molecule has 1 N–H and O–H groups in total. The van der Waals surface area contributed by atoms with Crippen LogP contribution in [-0.4, -0.2) is 35.9 Å². The zero-order valence-corrected chi connectivity index (χ0v) is 17.1. The molecule has 1 aliphatic carbocycles. The molecule has 1 aromatic carbocycles. The average Bonchev–Trinajstić information content (AvgIpc) is 2.73. The standard InChI is InChI=1S/C20H21NO3.C3H7NO/c1-2-17-18(14-13-15-9-5-3-6-10-15)21(19(17)22)20(23)24-16-11-7-4-8-12-16;1-3(5)4-2/h3,5-7,9-14,17-18H,2,4,8H2,1H3;1-2H3,(H,4,5)/b14-13+;/t17-,18+;/m0./s1. The smallest absolute Gasteiger partial charge is 0.410 e. The number of hydrogen-bond acceptors (Lipinski definition) is 4. The monoisotopic (exact) mass is 396 g/mol. The van der Waals surface area contributed by atoms with E-state index >= 15 is 0 Å². The number of β-lactam (4-membered cyclic amide) rings is 1. The normalized spacial score (nSPS) is 20.3. The lowest BCUT2D eigenvalue weighted by molar-refractivity contribution is -0.149. The van der Waals surface area contributed by atoms with Crippen molar-refractivity contribution in [2.24, 2.45) is 5.92 Å². The maximum Gasteiger partial charge on any atom is 0.422 e. The lowest BCUT2D eigenvalue weighted by Crippen LogP contribution is -2.62. The van der Waals surface area contributed by atoms with Crippen molar-refractivity contribution in [3.63, 3.8) is 0 Å². The van der Waals surface area contributed by atoms with Gasteiger partial charge in [-0.1, -0.05) is 55.5 Å². The van der Waals surface area contributed by atoms with Crippen molar-refractivity contribution in [1.29, 1.82) is 0 Å². The van der Waals surface area contributed by atoms with Gasteiger partial charge in [0.15, 0.2) is 0 Å². The van der Waals surface area contributed by atoms with Gasteiger partial charge in [-0.25, -0.2) is 9.69 Å². The molecule has 0 radical (unpaired) electrons. The second kappa shape index (κ2) is 11.0. The highest BCUT2D eigenvalue weighted by molar-refractivity contribution is 6.00. The summed E-state index contributed by atoms with van der Waals surface area (Å²) in [5, 5.41) is 2.39. The minimum absolute atomic E-state index is 0.00463. The first-order valence-corrected chi connectivity index (χ1v) is 9.81. The second-order valence-electron chi connectivity index (χ2n) is 6.74. The van der Waals surface area contributed by atoms with E-state index in [0.717, 1.165) is 18.4 Å². The van der Waals surface area contributed by atoms with Crippen LogP contribution in [0, 0.1) is 5.92 Å². The summed E-state index contributed by atoms with van der Waals surface area (Å²) in [4.78, 5) is 35.5. The first-order chi connectivity index (χ1) is 14.0. The van der Waals surface area contributed by atoms with Gasteiger partial charge in [-0.15, -0.1) is 0 Å². The zero-order chi connectivity index (χ0) is 21.2. The topological polar surface area (TPSA) is 75.7 Å². The fourth-order valence-corrected chi connectivity index (χ4v) is 3.01. The number of ether oxygens (including phenoxy) is 1. The molecule has 3 rings (SSSR count). The van der Waals surface area contributed by atoms with E-state index in [-0.39, 0.29) is 23.8 Å². The van der Waals surface area contributed by atoms with Crippen LogP contribution in [0.4, 0.5) is 4.79 Å². The number of likely N-dealkylation sites (tertiary alicyclic amines) is 1. The number of carbonyl (C=O) groups excluding carboxylic acids is 3. The Bertz CT molecular complexity index is 811. The summed E-state index contributed by atoms with van der Waals surface area (Å²) in [5.74, 6) is 0.203. The number of benzene rings is 1. The molecular weight excluding hydrogens is 368 g/mol. The first kappa shape index (κ1) is 22.1. The quantitative estimate of drug-likeness (QED) is 0.779. The molecule has 1 aromatic rings. The molecule has 154 valence electrons. The molecular formula is C23H28N2O4. The first-order valence-electron chi connectivity index (χ1n) is 9.81. The van der Waals surface area contributed by atoms with Crippen LogP contribution in [0.3, 0.4) is 0 Å². The fraction of sp³-hybridized carbons (Fsp3) is 0.348. The third kappa shape index (κ3) is 6.17. The Balaban J connectivity index is 0.000000537. The van der Waals surface area contributed by atoms with Crippen molar-refractivity contribution in [3.8, 4) is 0 Å². The zero-order valence-electron chi connectivity index (χ0n) is 17.1. The molecule has 3 amide bonds. The van der Waals surface area contributed by atoms with Crippen LogP contribution < -0.4 is 5.32 Å². The van der Waals surface area contributed by atoms with Crippen LogP contribution in [0.25, 0.3) is 6.08 Å². The Hall–Kier alpha value is -3.15. The average molecular weight is 396 g/mol. The van der Waals surface area contributed by atoms with Crippen molar-refractivity contribution in [3.05, 3.63) is 66.0 Å². The van der Waals surface area contributed by atoms with Gasteiger partial charge in [0.2, 0.25) is 11.8 Å². The molecule has 0 bridgehead atoms. The number of carbonyl (C=O) groups is 3. The number of hydrogen-bond donors (Lipinski definition) is 1. The Kier molecular flexibility index (Phi) is 8.40. The number of nitrogens with one attached hydrogen (secondary N) is 1. The van der Waals surface area contributed by atoms with Crippen molar-refractivity contribution >= 4 is 24.0 Å². The molecule has 6 heteroatoms. The van der Waals surface area contributed by atoms with Gasteiger partial charge in [-0.05, 0) is 37.0 Å². The van der Waals surface area contributed by atoms with Gasteiger partial charge in [0.05, 0.1) is 12.0 Å². The Labute approximate surface area is 171 Å². The van der Waals surface area contributed by atoms with Gasteiger partial charge >= 0.3 is 6.09 Å². The Morgan fingerprint density at radius 2 is 1.93 bits per heavy atom. The highest BCUT2D eigenvalue weighted by Crippen LogP contribution is 2.32. The number of nitrogens with zero attached hydrogens (tertiary/aromatic N) is 1. The van der Waals surface area contributed by atoms with Crippen LogP contribution in [0.1, 0.15) is 38.7 Å². The van der Waals surface area contributed by atoms with Gasteiger partial charge in [0, 0.05) is 14.0 Å². The van der Waals surface area contributed by atoms with E-state index in [0.29, 0.717) is 12.2 Å². The number of imide groups is 1. The van der Waals surface area contributed by atoms with Crippen LogP contribution in [0.5, 0.6) is 0 Å². The van der Waals surface area contributed by atoms with Crippen LogP contribution in [0.15, 0.2) is 60.4 Å². The molecule has 2 atom stereocenters. The lowest BCUT2D eigenvalue weighted by atomic mass is 9.85. The Morgan fingerprint density at radius 3 is 2.48 bits per heavy atom. The molecule has 1 saturated heterocycles. The molecule has 1 aliphatic heterocycles. The summed E-state index contributed by atoms with van der Waals surface area (Å²) < 4.78 is 5.35. The van der Waals surface area contributed by atoms with Crippen LogP contribution in [0.2, 0.25) is 0 Å². The van der Waals surface area contributed by atoms with Crippen LogP contribution in [-0.2, 0) is 14.3 Å². The minimum atomic E-state index is -0.592. The summed E-state index contributed by atoms with van der Waals surface area (Å²) in [6.45, 7) is 3.43. The van der Waals surface area contributed by atoms with E-state index in [4.69, 9.17) is 4.74 Å². The van der Waals surface area contributed by atoms with E-state index in [1.807, 2.05) is 61.6 Å². The second-order valence-corrected chi connectivity index (χ2v) is 6.74. The Morgan fingerprint density at radius 1 is 1.24 bits per heavy atom. The third-order valence-corrected chi connectivity index (χ3v) is 4.71. The molecule has 0 spiro atoms. The third-order valence-electron chi connectivity index (χ3n) is 4.71. The number of rotatable bonds is 4. The van der Waals surface area contributed by atoms with Crippen molar-refractivity contribution in [2.75, 3.05) is 7.05 Å². The molecule has 2 aliphatic rings. The molecule has 0 unspecified atom stereocenters. The summed E-state index contributed by atoms with van der Waals surface area (Å²) in [5.41, 5.74) is 1.04. The number of amides is 3. The molecule has 0 aromatic heterocycles. The van der Waals surface area contributed by atoms with Crippen LogP contribution >= 0.6 is 0 Å². The van der Waals surface area contributed by atoms with E-state index in [2.05, 4.69) is 5.32 Å². The van der Waals surface area contributed by atoms with Gasteiger partial charge in [-0.2, -0.15) is 0 Å². The van der Waals surface area contributed by atoms with Crippen molar-refractivity contribution in [1.82, 2.24) is 10.2 Å². The molecule has 6 nitrogen and oxygen atoms in total. The maximum atomic E-state index is 12.4. The summed E-state index contributed by atoms with van der Waals surface area (Å²) >= 11 is 0. The van der Waals surface area contributed by atoms with E-state index in [9.17, 15) is 14.4 Å². The van der Waals surface area contributed by atoms with Gasteiger partial charge in [-0.3, -0.25) is 9.59 Å². The SMILES string of the molecule is CC[C@@H]1C(=O)N(C(=O)OC2=CCCC=C2)[C@@H]1/C=C/c1ccccc1.CNC(C)=O. The molecule has 1 heterocycles. The minimum Gasteiger partial charge on any atom is -0.410 e. The van der Waals surface area contributed by atoms with E-state index < -0.39 is 6.09 Å². The largest absolute Gasteiger partial charge is 0.422 e. The molecule has 29 heavy (non-hydrogen) atoms. The lowest BCUT2D eigenvalue weighted by Gasteiger charge is -2.43.